The van der Waals surface area contributed by atoms with Gasteiger partial charge in [0.1, 0.15) is 0 Å². The molecule has 30 heavy (non-hydrogen) atoms. The maximum absolute atomic E-state index is 13.2. The van der Waals surface area contributed by atoms with Crippen molar-refractivity contribution in [1.29, 1.82) is 0 Å². The average molecular weight is 439 g/mol. The zero-order valence-electron chi connectivity index (χ0n) is 17.0. The second kappa shape index (κ2) is 8.62. The van der Waals surface area contributed by atoms with Crippen molar-refractivity contribution >= 4 is 46.1 Å². The highest BCUT2D eigenvalue weighted by molar-refractivity contribution is 7.10. The average Bonchev–Trinajstić information content (AvgIpc) is 3.08. The fraction of sp³-hybridized carbons (Fsp3) is 0.250. The van der Waals surface area contributed by atoms with Crippen LogP contribution in [0.25, 0.3) is 0 Å². The fourth-order valence-corrected chi connectivity index (χ4v) is 4.92. The van der Waals surface area contributed by atoms with Gasteiger partial charge in [-0.05, 0) is 74.4 Å². The van der Waals surface area contributed by atoms with E-state index < -0.39 is 0 Å². The van der Waals surface area contributed by atoms with Crippen LogP contribution in [0.2, 0.25) is 5.02 Å². The van der Waals surface area contributed by atoms with Crippen LogP contribution in [0.1, 0.15) is 49.6 Å². The Morgan fingerprint density at radius 2 is 1.87 bits per heavy atom. The van der Waals surface area contributed by atoms with Crippen LogP contribution >= 0.6 is 22.9 Å². The van der Waals surface area contributed by atoms with Crippen LogP contribution < -0.4 is 10.2 Å². The van der Waals surface area contributed by atoms with Crippen molar-refractivity contribution in [3.63, 3.8) is 0 Å². The number of carbonyl (C=O) groups excluding carboxylic acids is 2. The summed E-state index contributed by atoms with van der Waals surface area (Å²) in [5, 5.41) is 5.25. The van der Waals surface area contributed by atoms with E-state index in [0.717, 1.165) is 36.1 Å². The monoisotopic (exact) mass is 438 g/mol. The van der Waals surface area contributed by atoms with E-state index in [2.05, 4.69) is 5.32 Å². The first-order valence-corrected chi connectivity index (χ1v) is 11.3. The van der Waals surface area contributed by atoms with Crippen molar-refractivity contribution in [1.82, 2.24) is 0 Å². The number of benzene rings is 2. The molecule has 1 aromatic heterocycles. The molecular weight excluding hydrogens is 416 g/mol. The zero-order chi connectivity index (χ0) is 21.3. The Morgan fingerprint density at radius 3 is 2.67 bits per heavy atom. The van der Waals surface area contributed by atoms with Gasteiger partial charge in [-0.2, -0.15) is 0 Å². The molecule has 0 saturated heterocycles. The highest BCUT2D eigenvalue weighted by atomic mass is 35.5. The number of halogens is 1. The summed E-state index contributed by atoms with van der Waals surface area (Å²) in [5.41, 5.74) is 4.56. The maximum Gasteiger partial charge on any atom is 0.259 e. The summed E-state index contributed by atoms with van der Waals surface area (Å²) in [4.78, 5) is 29.0. The normalized spacial score (nSPS) is 13.5. The first kappa shape index (κ1) is 20.6. The summed E-state index contributed by atoms with van der Waals surface area (Å²) in [6.45, 7) is 4.54. The smallest absolute Gasteiger partial charge is 0.259 e. The van der Waals surface area contributed by atoms with Gasteiger partial charge in [0.05, 0.1) is 16.3 Å². The van der Waals surface area contributed by atoms with Gasteiger partial charge in [-0.1, -0.05) is 29.3 Å². The number of amides is 2. The van der Waals surface area contributed by atoms with Crippen LogP contribution in [0, 0.1) is 13.8 Å². The van der Waals surface area contributed by atoms with E-state index >= 15 is 0 Å². The molecule has 1 aliphatic rings. The lowest BCUT2D eigenvalue weighted by atomic mass is 10.0. The van der Waals surface area contributed by atoms with Crippen LogP contribution in [0.15, 0.2) is 47.8 Å². The molecule has 2 amide bonds. The number of carbonyl (C=O) groups is 2. The van der Waals surface area contributed by atoms with Gasteiger partial charge in [0.15, 0.2) is 0 Å². The van der Waals surface area contributed by atoms with E-state index in [-0.39, 0.29) is 11.8 Å². The number of nitrogens with zero attached hydrogens (tertiary/aromatic N) is 1. The van der Waals surface area contributed by atoms with Gasteiger partial charge in [0.25, 0.3) is 11.8 Å². The quantitative estimate of drug-likeness (QED) is 0.525. The Bertz CT molecular complexity index is 1120. The molecule has 0 spiro atoms. The molecule has 0 fully saturated rings. The Labute approximate surface area is 185 Å². The van der Waals surface area contributed by atoms with Crippen molar-refractivity contribution in [3.8, 4) is 0 Å². The SMILES string of the molecule is Cc1ccc(C)c(C(=O)Nc2ccc(C(=O)N3CCCCc4sccc43)c(Cl)c2)c1. The van der Waals surface area contributed by atoms with Crippen molar-refractivity contribution in [2.75, 3.05) is 16.8 Å². The second-order valence-corrected chi connectivity index (χ2v) is 9.02. The molecule has 1 N–H and O–H groups in total. The molecule has 0 atom stereocenters. The lowest BCUT2D eigenvalue weighted by molar-refractivity contribution is 0.0986. The highest BCUT2D eigenvalue weighted by Gasteiger charge is 2.25. The summed E-state index contributed by atoms with van der Waals surface area (Å²) >= 11 is 8.17. The minimum absolute atomic E-state index is 0.103. The molecule has 4 nitrogen and oxygen atoms in total. The van der Waals surface area contributed by atoms with Gasteiger partial charge in [0, 0.05) is 22.7 Å². The summed E-state index contributed by atoms with van der Waals surface area (Å²) in [7, 11) is 0. The predicted octanol–water partition coefficient (Wildman–Crippen LogP) is 6.25. The Kier molecular flexibility index (Phi) is 5.93. The van der Waals surface area contributed by atoms with Gasteiger partial charge in [-0.25, -0.2) is 0 Å². The van der Waals surface area contributed by atoms with Crippen LogP contribution in [0.4, 0.5) is 11.4 Å². The number of anilines is 2. The van der Waals surface area contributed by atoms with E-state index in [1.54, 1.807) is 29.5 Å². The van der Waals surface area contributed by atoms with Crippen LogP contribution in [-0.2, 0) is 6.42 Å². The van der Waals surface area contributed by atoms with Crippen molar-refractivity contribution in [2.24, 2.45) is 0 Å². The van der Waals surface area contributed by atoms with Crippen LogP contribution in [-0.4, -0.2) is 18.4 Å². The van der Waals surface area contributed by atoms with Gasteiger partial charge in [-0.15, -0.1) is 11.3 Å². The van der Waals surface area contributed by atoms with E-state index in [0.29, 0.717) is 28.4 Å². The molecule has 2 heterocycles. The van der Waals surface area contributed by atoms with Gasteiger partial charge >= 0.3 is 0 Å². The third-order valence-electron chi connectivity index (χ3n) is 5.39. The molecule has 0 saturated carbocycles. The number of rotatable bonds is 3. The Hall–Kier alpha value is -2.63. The second-order valence-electron chi connectivity index (χ2n) is 7.61. The lowest BCUT2D eigenvalue weighted by Gasteiger charge is -2.22. The molecular formula is C24H23ClN2O2S. The van der Waals surface area contributed by atoms with Crippen LogP contribution in [0.3, 0.4) is 0 Å². The Balaban J connectivity index is 1.56. The molecule has 154 valence electrons. The standard InChI is InChI=1S/C24H23ClN2O2S/c1-15-6-7-16(2)19(13-15)23(28)26-17-8-9-18(20(25)14-17)24(29)27-11-4-3-5-22-21(27)10-12-30-22/h6-10,12-14H,3-5,11H2,1-2H3,(H,26,28). The van der Waals surface area contributed by atoms with E-state index in [1.807, 2.05) is 48.4 Å². The largest absolute Gasteiger partial charge is 0.322 e. The highest BCUT2D eigenvalue weighted by Crippen LogP contribution is 2.33. The number of hydrogen-bond acceptors (Lipinski definition) is 3. The fourth-order valence-electron chi connectivity index (χ4n) is 3.74. The Morgan fingerprint density at radius 1 is 1.03 bits per heavy atom. The number of fused-ring (bicyclic) bond motifs is 1. The van der Waals surface area contributed by atoms with Crippen molar-refractivity contribution in [3.05, 3.63) is 80.0 Å². The summed E-state index contributed by atoms with van der Waals surface area (Å²) < 4.78 is 0. The minimum atomic E-state index is -0.193. The van der Waals surface area contributed by atoms with Crippen molar-refractivity contribution < 1.29 is 9.59 Å². The molecule has 4 rings (SSSR count). The number of aryl methyl sites for hydroxylation is 3. The zero-order valence-corrected chi connectivity index (χ0v) is 18.6. The first-order valence-electron chi connectivity index (χ1n) is 10.0. The van der Waals surface area contributed by atoms with Crippen molar-refractivity contribution in [2.45, 2.75) is 33.1 Å². The van der Waals surface area contributed by atoms with Crippen LogP contribution in [0.5, 0.6) is 0 Å². The lowest BCUT2D eigenvalue weighted by Crippen LogP contribution is -2.31. The molecule has 0 bridgehead atoms. The molecule has 6 heteroatoms. The van der Waals surface area contributed by atoms with Gasteiger partial charge in [-0.3, -0.25) is 9.59 Å². The number of hydrogen-bond donors (Lipinski definition) is 1. The minimum Gasteiger partial charge on any atom is -0.322 e. The number of thiophene rings is 1. The van der Waals surface area contributed by atoms with Gasteiger partial charge in [0.2, 0.25) is 0 Å². The van der Waals surface area contributed by atoms with Gasteiger partial charge < -0.3 is 10.2 Å². The molecule has 0 aliphatic carbocycles. The third kappa shape index (κ3) is 4.13. The third-order valence-corrected chi connectivity index (χ3v) is 6.67. The topological polar surface area (TPSA) is 49.4 Å². The molecule has 0 radical (unpaired) electrons. The summed E-state index contributed by atoms with van der Waals surface area (Å²) in [6.07, 6.45) is 3.05. The van der Waals surface area contributed by atoms with E-state index in [9.17, 15) is 9.59 Å². The first-order chi connectivity index (χ1) is 14.4. The molecule has 3 aromatic rings. The summed E-state index contributed by atoms with van der Waals surface area (Å²) in [6, 6.07) is 12.8. The molecule has 2 aromatic carbocycles. The predicted molar refractivity (Wildman–Crippen MR) is 124 cm³/mol. The van der Waals surface area contributed by atoms with E-state index in [1.165, 1.54) is 4.88 Å². The molecule has 0 unspecified atom stereocenters. The maximum atomic E-state index is 13.2. The number of nitrogens with one attached hydrogen (secondary N) is 1. The van der Waals surface area contributed by atoms with E-state index in [4.69, 9.17) is 11.6 Å². The molecule has 1 aliphatic heterocycles. The summed E-state index contributed by atoms with van der Waals surface area (Å²) in [5.74, 6) is -0.296.